The predicted octanol–water partition coefficient (Wildman–Crippen LogP) is 1.28. The van der Waals surface area contributed by atoms with Crippen molar-refractivity contribution in [3.63, 3.8) is 0 Å². The highest BCUT2D eigenvalue weighted by Gasteiger charge is 2.25. The molecule has 3 amide bonds. The van der Waals surface area contributed by atoms with E-state index in [0.717, 1.165) is 11.3 Å². The van der Waals surface area contributed by atoms with Crippen LogP contribution in [0.5, 0.6) is 0 Å². The fourth-order valence-corrected chi connectivity index (χ4v) is 2.67. The fourth-order valence-electron chi connectivity index (χ4n) is 2.67. The molecule has 0 saturated carbocycles. The monoisotopic (exact) mass is 359 g/mol. The van der Waals surface area contributed by atoms with E-state index in [-0.39, 0.29) is 12.1 Å². The lowest BCUT2D eigenvalue weighted by Gasteiger charge is -2.34. The van der Waals surface area contributed by atoms with E-state index in [9.17, 15) is 9.59 Å². The van der Waals surface area contributed by atoms with E-state index in [1.165, 1.54) is 11.0 Å². The third-order valence-electron chi connectivity index (χ3n) is 4.17. The van der Waals surface area contributed by atoms with Gasteiger partial charge in [-0.25, -0.2) is 14.3 Å². The Morgan fingerprint density at radius 2 is 1.92 bits per heavy atom. The molecule has 10 nitrogen and oxygen atoms in total. The highest BCUT2D eigenvalue weighted by Crippen LogP contribution is 2.19. The third kappa shape index (κ3) is 3.90. The maximum Gasteiger partial charge on any atom is 0.409 e. The highest BCUT2D eigenvalue weighted by molar-refractivity contribution is 5.90. The summed E-state index contributed by atoms with van der Waals surface area (Å²) in [6.07, 6.45) is 1.16. The molecule has 0 aliphatic carbocycles. The largest absolute Gasteiger partial charge is 0.450 e. The molecule has 138 valence electrons. The van der Waals surface area contributed by atoms with E-state index in [1.807, 2.05) is 25.1 Å². The summed E-state index contributed by atoms with van der Waals surface area (Å²) in [5.74, 6) is 0. The number of aryl methyl sites for hydroxylation is 1. The summed E-state index contributed by atoms with van der Waals surface area (Å²) in [6, 6.07) is 5.38. The summed E-state index contributed by atoms with van der Waals surface area (Å²) in [4.78, 5) is 27.6. The molecule has 2 aromatic rings. The number of aromatic nitrogens is 4. The molecule has 2 heterocycles. The first kappa shape index (κ1) is 17.6. The molecule has 1 aromatic carbocycles. The van der Waals surface area contributed by atoms with Gasteiger partial charge in [-0.1, -0.05) is 6.07 Å². The molecule has 0 radical (unpaired) electrons. The fraction of sp³-hybridized carbons (Fsp3) is 0.438. The summed E-state index contributed by atoms with van der Waals surface area (Å²) in [7, 11) is 0. The van der Waals surface area contributed by atoms with Crippen LogP contribution in [-0.4, -0.2) is 74.9 Å². The van der Waals surface area contributed by atoms with Crippen molar-refractivity contribution in [2.75, 3.05) is 38.1 Å². The highest BCUT2D eigenvalue weighted by atomic mass is 16.6. The van der Waals surface area contributed by atoms with Gasteiger partial charge >= 0.3 is 12.1 Å². The number of amides is 3. The lowest BCUT2D eigenvalue weighted by molar-refractivity contribution is 0.0868. The van der Waals surface area contributed by atoms with E-state index >= 15 is 0 Å². The topological polar surface area (TPSA) is 105 Å². The maximum absolute atomic E-state index is 12.6. The molecule has 0 atom stereocenters. The summed E-state index contributed by atoms with van der Waals surface area (Å²) in [5.41, 5.74) is 2.37. The van der Waals surface area contributed by atoms with Crippen molar-refractivity contribution >= 4 is 17.8 Å². The number of benzene rings is 1. The third-order valence-corrected chi connectivity index (χ3v) is 4.17. The minimum Gasteiger partial charge on any atom is -0.450 e. The van der Waals surface area contributed by atoms with Crippen LogP contribution in [0, 0.1) is 6.92 Å². The van der Waals surface area contributed by atoms with Crippen LogP contribution in [0.2, 0.25) is 0 Å². The Bertz CT molecular complexity index is 770. The number of nitrogens with one attached hydrogen (secondary N) is 1. The number of piperazine rings is 1. The SMILES string of the molecule is CCOC(=O)N1CCN(C(=O)Nc2cc(-n3cnnn3)ccc2C)CC1. The zero-order valence-electron chi connectivity index (χ0n) is 14.8. The summed E-state index contributed by atoms with van der Waals surface area (Å²) < 4.78 is 6.51. The number of carbonyl (C=O) groups excluding carboxylic acids is 2. The minimum atomic E-state index is -0.336. The van der Waals surface area contributed by atoms with E-state index in [1.54, 1.807) is 16.7 Å². The second-order valence-electron chi connectivity index (χ2n) is 5.86. The first-order chi connectivity index (χ1) is 12.6. The summed E-state index contributed by atoms with van der Waals surface area (Å²) >= 11 is 0. The lowest BCUT2D eigenvalue weighted by Crippen LogP contribution is -2.51. The van der Waals surface area contributed by atoms with Gasteiger partial charge in [-0.05, 0) is 42.0 Å². The van der Waals surface area contributed by atoms with Crippen LogP contribution in [-0.2, 0) is 4.74 Å². The molecular formula is C16H21N7O3. The number of hydrogen-bond donors (Lipinski definition) is 1. The molecule has 1 saturated heterocycles. The molecule has 1 aromatic heterocycles. The zero-order chi connectivity index (χ0) is 18.5. The lowest BCUT2D eigenvalue weighted by atomic mass is 10.2. The van der Waals surface area contributed by atoms with Crippen molar-refractivity contribution in [2.24, 2.45) is 0 Å². The molecule has 1 N–H and O–H groups in total. The van der Waals surface area contributed by atoms with Gasteiger partial charge in [-0.3, -0.25) is 0 Å². The Labute approximate surface area is 150 Å². The van der Waals surface area contributed by atoms with E-state index in [0.29, 0.717) is 38.5 Å². The van der Waals surface area contributed by atoms with Crippen LogP contribution in [0.15, 0.2) is 24.5 Å². The van der Waals surface area contributed by atoms with Crippen LogP contribution >= 0.6 is 0 Å². The number of carbonyl (C=O) groups is 2. The van der Waals surface area contributed by atoms with Gasteiger partial charge in [0, 0.05) is 31.9 Å². The number of urea groups is 1. The number of tetrazole rings is 1. The van der Waals surface area contributed by atoms with Gasteiger partial charge in [0.05, 0.1) is 12.3 Å². The van der Waals surface area contributed by atoms with Gasteiger partial charge in [-0.15, -0.1) is 5.10 Å². The second-order valence-corrected chi connectivity index (χ2v) is 5.86. The van der Waals surface area contributed by atoms with Crippen molar-refractivity contribution in [2.45, 2.75) is 13.8 Å². The number of ether oxygens (including phenoxy) is 1. The van der Waals surface area contributed by atoms with Crippen LogP contribution in [0.3, 0.4) is 0 Å². The first-order valence-electron chi connectivity index (χ1n) is 8.40. The van der Waals surface area contributed by atoms with Gasteiger partial charge in [0.1, 0.15) is 6.33 Å². The molecule has 1 aliphatic heterocycles. The van der Waals surface area contributed by atoms with Gasteiger partial charge in [0.25, 0.3) is 0 Å². The number of hydrogen-bond acceptors (Lipinski definition) is 6. The van der Waals surface area contributed by atoms with Gasteiger partial charge in [-0.2, -0.15) is 0 Å². The molecule has 1 aliphatic rings. The van der Waals surface area contributed by atoms with Crippen LogP contribution in [0.1, 0.15) is 12.5 Å². The van der Waals surface area contributed by atoms with Crippen LogP contribution < -0.4 is 5.32 Å². The first-order valence-corrected chi connectivity index (χ1v) is 8.40. The van der Waals surface area contributed by atoms with E-state index in [4.69, 9.17) is 4.74 Å². The molecule has 0 bridgehead atoms. The number of rotatable bonds is 3. The molecule has 0 spiro atoms. The Morgan fingerprint density at radius 1 is 1.19 bits per heavy atom. The van der Waals surface area contributed by atoms with Crippen molar-refractivity contribution in [3.05, 3.63) is 30.1 Å². The molecular weight excluding hydrogens is 338 g/mol. The van der Waals surface area contributed by atoms with Crippen molar-refractivity contribution in [1.82, 2.24) is 30.0 Å². The number of nitrogens with zero attached hydrogens (tertiary/aromatic N) is 6. The minimum absolute atomic E-state index is 0.203. The molecule has 10 heteroatoms. The molecule has 1 fully saturated rings. The second kappa shape index (κ2) is 7.81. The molecule has 26 heavy (non-hydrogen) atoms. The average Bonchev–Trinajstić information content (AvgIpc) is 3.18. The Morgan fingerprint density at radius 3 is 2.58 bits per heavy atom. The van der Waals surface area contributed by atoms with Gasteiger partial charge in [0.15, 0.2) is 0 Å². The van der Waals surface area contributed by atoms with Crippen LogP contribution in [0.4, 0.5) is 15.3 Å². The predicted molar refractivity (Wildman–Crippen MR) is 93.1 cm³/mol. The van der Waals surface area contributed by atoms with Gasteiger partial charge < -0.3 is 19.9 Å². The summed E-state index contributed by atoms with van der Waals surface area (Å²) in [6.45, 7) is 5.85. The summed E-state index contributed by atoms with van der Waals surface area (Å²) in [5, 5.41) is 14.0. The maximum atomic E-state index is 12.6. The van der Waals surface area contributed by atoms with Crippen molar-refractivity contribution in [1.29, 1.82) is 0 Å². The standard InChI is InChI=1S/C16H21N7O3/c1-3-26-16(25)22-8-6-21(7-9-22)15(24)18-14-10-13(5-4-12(14)2)23-11-17-19-20-23/h4-5,10-11H,3,6-9H2,1-2H3,(H,18,24). The molecule has 0 unspecified atom stereocenters. The Hall–Kier alpha value is -3.17. The van der Waals surface area contributed by atoms with E-state index in [2.05, 4.69) is 20.8 Å². The number of anilines is 1. The smallest absolute Gasteiger partial charge is 0.409 e. The van der Waals surface area contributed by atoms with Crippen molar-refractivity contribution in [3.8, 4) is 5.69 Å². The van der Waals surface area contributed by atoms with Gasteiger partial charge in [0.2, 0.25) is 0 Å². The Kier molecular flexibility index (Phi) is 5.30. The quantitative estimate of drug-likeness (QED) is 0.885. The van der Waals surface area contributed by atoms with Crippen LogP contribution in [0.25, 0.3) is 5.69 Å². The normalized spacial score (nSPS) is 14.2. The van der Waals surface area contributed by atoms with E-state index < -0.39 is 0 Å². The average molecular weight is 359 g/mol. The zero-order valence-corrected chi connectivity index (χ0v) is 14.8. The van der Waals surface area contributed by atoms with Crippen molar-refractivity contribution < 1.29 is 14.3 Å². The molecule has 3 rings (SSSR count). The Balaban J connectivity index is 1.62.